The van der Waals surface area contributed by atoms with Crippen LogP contribution in [-0.4, -0.2) is 26.6 Å². The third kappa shape index (κ3) is 3.65. The highest BCUT2D eigenvalue weighted by Gasteiger charge is 2.08. The van der Waals surface area contributed by atoms with Gasteiger partial charge in [0, 0.05) is 43.0 Å². The minimum atomic E-state index is -0.0587. The maximum Gasteiger partial charge on any atom is 0.316 e. The van der Waals surface area contributed by atoms with Gasteiger partial charge in [-0.2, -0.15) is 4.98 Å². The predicted molar refractivity (Wildman–Crippen MR) is 90.9 cm³/mol. The summed E-state index contributed by atoms with van der Waals surface area (Å²) in [7, 11) is 3.26. The summed E-state index contributed by atoms with van der Waals surface area (Å²) in [5, 5.41) is 0. The Morgan fingerprint density at radius 3 is 2.75 bits per heavy atom. The fourth-order valence-corrected chi connectivity index (χ4v) is 2.40. The molecule has 0 unspecified atom stereocenters. The Bertz CT molecular complexity index is 891. The molecule has 0 N–H and O–H groups in total. The average molecular weight is 322 g/mol. The molecule has 0 aliphatic heterocycles. The Labute approximate surface area is 139 Å². The summed E-state index contributed by atoms with van der Waals surface area (Å²) in [6.45, 7) is 0. The summed E-state index contributed by atoms with van der Waals surface area (Å²) in [5.41, 5.74) is 3.56. The van der Waals surface area contributed by atoms with E-state index in [0.717, 1.165) is 35.4 Å². The molecule has 122 valence electrons. The smallest absolute Gasteiger partial charge is 0.316 e. The number of nitrogens with zero attached hydrogens (tertiary/aromatic N) is 4. The number of hydrogen-bond donors (Lipinski definition) is 0. The second kappa shape index (κ2) is 7.04. The van der Waals surface area contributed by atoms with E-state index in [1.165, 1.54) is 10.6 Å². The lowest BCUT2D eigenvalue weighted by molar-refractivity contribution is 0.378. The molecule has 3 heterocycles. The van der Waals surface area contributed by atoms with Gasteiger partial charge >= 0.3 is 6.01 Å². The summed E-state index contributed by atoms with van der Waals surface area (Å²) in [4.78, 5) is 24.5. The van der Waals surface area contributed by atoms with Crippen LogP contribution in [0.2, 0.25) is 0 Å². The van der Waals surface area contributed by atoms with E-state index in [2.05, 4.69) is 15.0 Å². The molecule has 0 aromatic carbocycles. The van der Waals surface area contributed by atoms with Crippen LogP contribution in [0.15, 0.2) is 53.7 Å². The SMILES string of the molecule is COc1nc(CCc2cccnc2)cc(-c2ccc(=O)n(C)c2)n1. The van der Waals surface area contributed by atoms with E-state index in [1.54, 1.807) is 32.6 Å². The topological polar surface area (TPSA) is 69.9 Å². The van der Waals surface area contributed by atoms with Crippen LogP contribution < -0.4 is 10.3 Å². The monoisotopic (exact) mass is 322 g/mol. The molecule has 0 aliphatic carbocycles. The zero-order chi connectivity index (χ0) is 16.9. The van der Waals surface area contributed by atoms with Gasteiger partial charge in [0.05, 0.1) is 12.8 Å². The molecule has 0 radical (unpaired) electrons. The molecule has 3 aromatic heterocycles. The number of pyridine rings is 2. The summed E-state index contributed by atoms with van der Waals surface area (Å²) < 4.78 is 6.75. The van der Waals surface area contributed by atoms with Crippen molar-refractivity contribution in [2.24, 2.45) is 7.05 Å². The second-order valence-corrected chi connectivity index (χ2v) is 5.46. The van der Waals surface area contributed by atoms with E-state index in [-0.39, 0.29) is 5.56 Å². The molecule has 0 saturated heterocycles. The molecular formula is C18H18N4O2. The molecule has 6 nitrogen and oxygen atoms in total. The lowest BCUT2D eigenvalue weighted by Crippen LogP contribution is -2.14. The number of rotatable bonds is 5. The van der Waals surface area contributed by atoms with Crippen molar-refractivity contribution in [3.8, 4) is 17.3 Å². The molecule has 0 saturated carbocycles. The minimum Gasteiger partial charge on any atom is -0.467 e. The van der Waals surface area contributed by atoms with E-state index in [4.69, 9.17) is 4.74 Å². The van der Waals surface area contributed by atoms with E-state index in [9.17, 15) is 4.79 Å². The normalized spacial score (nSPS) is 10.6. The highest BCUT2D eigenvalue weighted by atomic mass is 16.5. The number of hydrogen-bond acceptors (Lipinski definition) is 5. The number of aromatic nitrogens is 4. The van der Waals surface area contributed by atoms with Crippen LogP contribution in [0, 0.1) is 0 Å². The van der Waals surface area contributed by atoms with Gasteiger partial charge in [-0.1, -0.05) is 6.07 Å². The third-order valence-corrected chi connectivity index (χ3v) is 3.72. The zero-order valence-electron chi connectivity index (χ0n) is 13.6. The van der Waals surface area contributed by atoms with Gasteiger partial charge in [0.25, 0.3) is 0 Å². The Hall–Kier alpha value is -3.02. The van der Waals surface area contributed by atoms with Crippen molar-refractivity contribution in [2.75, 3.05) is 7.11 Å². The zero-order valence-corrected chi connectivity index (χ0v) is 13.6. The molecule has 0 amide bonds. The van der Waals surface area contributed by atoms with Gasteiger partial charge in [0.1, 0.15) is 0 Å². The van der Waals surface area contributed by atoms with E-state index >= 15 is 0 Å². The molecular weight excluding hydrogens is 304 g/mol. The quantitative estimate of drug-likeness (QED) is 0.719. The van der Waals surface area contributed by atoms with Gasteiger partial charge in [-0.05, 0) is 36.6 Å². The Balaban J connectivity index is 1.90. The predicted octanol–water partition coefficient (Wildman–Crippen LogP) is 2.03. The summed E-state index contributed by atoms with van der Waals surface area (Å²) in [5.74, 6) is 0. The molecule has 3 aromatic rings. The summed E-state index contributed by atoms with van der Waals surface area (Å²) in [6.07, 6.45) is 6.96. The van der Waals surface area contributed by atoms with Gasteiger partial charge in [-0.3, -0.25) is 9.78 Å². The first-order valence-electron chi connectivity index (χ1n) is 7.63. The maximum atomic E-state index is 11.6. The van der Waals surface area contributed by atoms with Crippen molar-refractivity contribution < 1.29 is 4.74 Å². The first-order valence-corrected chi connectivity index (χ1v) is 7.63. The van der Waals surface area contributed by atoms with E-state index in [0.29, 0.717) is 6.01 Å². The van der Waals surface area contributed by atoms with Crippen LogP contribution in [0.4, 0.5) is 0 Å². The van der Waals surface area contributed by atoms with Crippen LogP contribution in [0.3, 0.4) is 0 Å². The number of ether oxygens (including phenoxy) is 1. The Morgan fingerprint density at radius 1 is 1.17 bits per heavy atom. The molecule has 0 spiro atoms. The highest BCUT2D eigenvalue weighted by Crippen LogP contribution is 2.19. The largest absolute Gasteiger partial charge is 0.467 e. The molecule has 0 fully saturated rings. The van der Waals surface area contributed by atoms with Crippen LogP contribution in [-0.2, 0) is 19.9 Å². The first kappa shape index (κ1) is 15.9. The van der Waals surface area contributed by atoms with E-state index < -0.39 is 0 Å². The molecule has 24 heavy (non-hydrogen) atoms. The number of aryl methyl sites for hydroxylation is 3. The second-order valence-electron chi connectivity index (χ2n) is 5.46. The molecule has 6 heteroatoms. The maximum absolute atomic E-state index is 11.6. The van der Waals surface area contributed by atoms with Crippen molar-refractivity contribution in [3.05, 3.63) is 70.5 Å². The molecule has 0 atom stereocenters. The van der Waals surface area contributed by atoms with E-state index in [1.807, 2.05) is 24.4 Å². The van der Waals surface area contributed by atoms with Crippen molar-refractivity contribution >= 4 is 0 Å². The van der Waals surface area contributed by atoms with Crippen LogP contribution in [0.1, 0.15) is 11.3 Å². The molecule has 3 rings (SSSR count). The fraction of sp³-hybridized carbons (Fsp3) is 0.222. The van der Waals surface area contributed by atoms with Crippen molar-refractivity contribution in [2.45, 2.75) is 12.8 Å². The fourth-order valence-electron chi connectivity index (χ4n) is 2.40. The summed E-state index contributed by atoms with van der Waals surface area (Å²) >= 11 is 0. The lowest BCUT2D eigenvalue weighted by atomic mass is 10.1. The Morgan fingerprint density at radius 2 is 2.04 bits per heavy atom. The van der Waals surface area contributed by atoms with Crippen molar-refractivity contribution in [1.82, 2.24) is 19.5 Å². The van der Waals surface area contributed by atoms with Gasteiger partial charge < -0.3 is 9.30 Å². The van der Waals surface area contributed by atoms with Gasteiger partial charge in [-0.15, -0.1) is 0 Å². The van der Waals surface area contributed by atoms with Crippen LogP contribution >= 0.6 is 0 Å². The highest BCUT2D eigenvalue weighted by molar-refractivity contribution is 5.58. The number of methoxy groups -OCH3 is 1. The van der Waals surface area contributed by atoms with Crippen molar-refractivity contribution in [3.63, 3.8) is 0 Å². The first-order chi connectivity index (χ1) is 11.7. The minimum absolute atomic E-state index is 0.0587. The van der Waals surface area contributed by atoms with Gasteiger partial charge in [-0.25, -0.2) is 4.98 Å². The van der Waals surface area contributed by atoms with Crippen molar-refractivity contribution in [1.29, 1.82) is 0 Å². The average Bonchev–Trinajstić information content (AvgIpc) is 2.63. The summed E-state index contributed by atoms with van der Waals surface area (Å²) in [6, 6.07) is 9.50. The van der Waals surface area contributed by atoms with Crippen LogP contribution in [0.25, 0.3) is 11.3 Å². The molecule has 0 aliphatic rings. The van der Waals surface area contributed by atoms with Gasteiger partial charge in [0.2, 0.25) is 5.56 Å². The standard InChI is InChI=1S/C18H18N4O2/c1-22-12-14(6-8-17(22)23)16-10-15(20-18(21-16)24-2)7-5-13-4-3-9-19-11-13/h3-4,6,8-12H,5,7H2,1-2H3. The molecule has 0 bridgehead atoms. The van der Waals surface area contributed by atoms with Gasteiger partial charge in [0.15, 0.2) is 0 Å². The Kier molecular flexibility index (Phi) is 4.65. The lowest BCUT2D eigenvalue weighted by Gasteiger charge is -2.08. The van der Waals surface area contributed by atoms with Crippen LogP contribution in [0.5, 0.6) is 6.01 Å². The third-order valence-electron chi connectivity index (χ3n) is 3.72.